The highest BCUT2D eigenvalue weighted by atomic mass is 16.6. The van der Waals surface area contributed by atoms with Gasteiger partial charge in [-0.1, -0.05) is 27.2 Å². The summed E-state index contributed by atoms with van der Waals surface area (Å²) in [5.74, 6) is -0.208. The average molecular weight is 185 g/mol. The van der Waals surface area contributed by atoms with Gasteiger partial charge in [0.2, 0.25) is 0 Å². The van der Waals surface area contributed by atoms with Gasteiger partial charge in [0.25, 0.3) is 0 Å². The van der Waals surface area contributed by atoms with Gasteiger partial charge in [-0.2, -0.15) is 0 Å². The Bertz CT molecular complexity index is 154. The van der Waals surface area contributed by atoms with E-state index in [1.54, 1.807) is 6.92 Å². The van der Waals surface area contributed by atoms with Gasteiger partial charge in [0.1, 0.15) is 5.60 Å². The number of carbonyl (C=O) groups excluding carboxylic acids is 1. The van der Waals surface area contributed by atoms with Crippen LogP contribution in [0.4, 0.5) is 0 Å². The fraction of sp³-hybridized carbons (Fsp3) is 0.818. The van der Waals surface area contributed by atoms with E-state index in [1.807, 2.05) is 6.92 Å². The lowest BCUT2D eigenvalue weighted by Gasteiger charge is -2.28. The van der Waals surface area contributed by atoms with Crippen molar-refractivity contribution >= 4 is 5.97 Å². The molecule has 0 heterocycles. The molecule has 0 amide bonds. The fourth-order valence-electron chi connectivity index (χ4n) is 1.15. The minimum atomic E-state index is -0.264. The molecule has 0 rings (SSSR count). The molecule has 1 unspecified atom stereocenters. The van der Waals surface area contributed by atoms with Crippen molar-refractivity contribution in [2.75, 3.05) is 0 Å². The van der Waals surface area contributed by atoms with Crippen LogP contribution in [0.25, 0.3) is 0 Å². The molecule has 0 fully saturated rings. The lowest BCUT2D eigenvalue weighted by Crippen LogP contribution is -2.30. The van der Waals surface area contributed by atoms with Gasteiger partial charge in [0, 0.05) is 0 Å². The first kappa shape index (κ1) is 12.5. The van der Waals surface area contributed by atoms with Gasteiger partial charge in [-0.05, 0) is 26.2 Å². The predicted molar refractivity (Wildman–Crippen MR) is 54.3 cm³/mol. The summed E-state index contributed by atoms with van der Waals surface area (Å²) in [6.07, 6.45) is 5.57. The Morgan fingerprint density at radius 2 is 2.08 bits per heavy atom. The molecule has 77 valence electrons. The SMILES string of the molecule is C[CH]C(=O)OC(C)(CC)CCCC. The van der Waals surface area contributed by atoms with E-state index in [1.165, 1.54) is 6.42 Å². The first-order chi connectivity index (χ1) is 6.08. The molecular formula is C11H21O2. The maximum Gasteiger partial charge on any atom is 0.310 e. The minimum Gasteiger partial charge on any atom is -0.459 e. The second kappa shape index (κ2) is 6.01. The molecule has 0 N–H and O–H groups in total. The van der Waals surface area contributed by atoms with Crippen LogP contribution in [-0.4, -0.2) is 11.6 Å². The van der Waals surface area contributed by atoms with Gasteiger partial charge in [-0.25, -0.2) is 0 Å². The van der Waals surface area contributed by atoms with Gasteiger partial charge in [0.05, 0.1) is 6.42 Å². The third-order valence-electron chi connectivity index (χ3n) is 2.39. The molecule has 2 heteroatoms. The van der Waals surface area contributed by atoms with E-state index < -0.39 is 0 Å². The van der Waals surface area contributed by atoms with Crippen molar-refractivity contribution in [3.05, 3.63) is 6.42 Å². The second-order valence-electron chi connectivity index (χ2n) is 3.62. The maximum atomic E-state index is 11.1. The van der Waals surface area contributed by atoms with Crippen molar-refractivity contribution in [1.29, 1.82) is 0 Å². The Labute approximate surface area is 81.7 Å². The second-order valence-corrected chi connectivity index (χ2v) is 3.62. The number of hydrogen-bond donors (Lipinski definition) is 0. The molecule has 0 aromatic carbocycles. The summed E-state index contributed by atoms with van der Waals surface area (Å²) >= 11 is 0. The number of unbranched alkanes of at least 4 members (excludes halogenated alkanes) is 1. The zero-order valence-corrected chi connectivity index (χ0v) is 9.22. The lowest BCUT2D eigenvalue weighted by molar-refractivity contribution is -0.154. The summed E-state index contributed by atoms with van der Waals surface area (Å²) in [4.78, 5) is 11.1. The molecule has 0 bridgehead atoms. The molecule has 0 saturated heterocycles. The zero-order chi connectivity index (χ0) is 10.3. The van der Waals surface area contributed by atoms with Crippen molar-refractivity contribution in [1.82, 2.24) is 0 Å². The number of hydrogen-bond acceptors (Lipinski definition) is 2. The molecule has 0 saturated carbocycles. The van der Waals surface area contributed by atoms with Crippen LogP contribution in [0.3, 0.4) is 0 Å². The Kier molecular flexibility index (Phi) is 5.76. The van der Waals surface area contributed by atoms with E-state index in [0.717, 1.165) is 25.7 Å². The van der Waals surface area contributed by atoms with Gasteiger partial charge >= 0.3 is 5.97 Å². The molecule has 0 spiro atoms. The van der Waals surface area contributed by atoms with Crippen LogP contribution in [0, 0.1) is 6.42 Å². The van der Waals surface area contributed by atoms with Crippen LogP contribution in [0.5, 0.6) is 0 Å². The third kappa shape index (κ3) is 4.91. The van der Waals surface area contributed by atoms with Crippen molar-refractivity contribution in [2.45, 2.75) is 59.0 Å². The van der Waals surface area contributed by atoms with E-state index in [2.05, 4.69) is 13.8 Å². The Hall–Kier alpha value is -0.530. The van der Waals surface area contributed by atoms with Crippen LogP contribution >= 0.6 is 0 Å². The van der Waals surface area contributed by atoms with E-state index in [4.69, 9.17) is 4.74 Å². The number of ether oxygens (including phenoxy) is 1. The number of rotatable bonds is 6. The lowest BCUT2D eigenvalue weighted by atomic mass is 9.96. The van der Waals surface area contributed by atoms with E-state index in [0.29, 0.717) is 0 Å². The van der Waals surface area contributed by atoms with Gasteiger partial charge in [-0.15, -0.1) is 0 Å². The molecule has 1 atom stereocenters. The Morgan fingerprint density at radius 3 is 2.46 bits per heavy atom. The average Bonchev–Trinajstić information content (AvgIpc) is 2.14. The molecule has 0 aromatic heterocycles. The highest BCUT2D eigenvalue weighted by Gasteiger charge is 2.25. The summed E-state index contributed by atoms with van der Waals surface area (Å²) in [5.41, 5.74) is -0.264. The van der Waals surface area contributed by atoms with E-state index >= 15 is 0 Å². The van der Waals surface area contributed by atoms with Crippen LogP contribution < -0.4 is 0 Å². The van der Waals surface area contributed by atoms with E-state index in [-0.39, 0.29) is 11.6 Å². The van der Waals surface area contributed by atoms with Crippen molar-refractivity contribution in [2.24, 2.45) is 0 Å². The van der Waals surface area contributed by atoms with Gasteiger partial charge in [0.15, 0.2) is 0 Å². The predicted octanol–water partition coefficient (Wildman–Crippen LogP) is 3.11. The maximum absolute atomic E-state index is 11.1. The molecule has 0 aliphatic carbocycles. The zero-order valence-electron chi connectivity index (χ0n) is 9.22. The van der Waals surface area contributed by atoms with Gasteiger partial charge < -0.3 is 4.74 Å². The van der Waals surface area contributed by atoms with Crippen LogP contribution in [0.1, 0.15) is 53.4 Å². The molecule has 13 heavy (non-hydrogen) atoms. The van der Waals surface area contributed by atoms with Crippen molar-refractivity contribution in [3.8, 4) is 0 Å². The largest absolute Gasteiger partial charge is 0.459 e. The number of carbonyl (C=O) groups is 1. The van der Waals surface area contributed by atoms with Crippen LogP contribution in [0.15, 0.2) is 0 Å². The topological polar surface area (TPSA) is 26.3 Å². The molecule has 0 aliphatic rings. The summed E-state index contributed by atoms with van der Waals surface area (Å²) < 4.78 is 5.34. The summed E-state index contributed by atoms with van der Waals surface area (Å²) in [5, 5.41) is 0. The first-order valence-electron chi connectivity index (χ1n) is 5.10. The molecule has 0 aromatic rings. The minimum absolute atomic E-state index is 0.208. The standard InChI is InChI=1S/C11H21O2/c1-5-8-9-11(4,7-3)13-10(12)6-2/h6H,5,7-9H2,1-4H3. The quantitative estimate of drug-likeness (QED) is 0.594. The Morgan fingerprint density at radius 1 is 1.46 bits per heavy atom. The summed E-state index contributed by atoms with van der Waals surface area (Å²) in [7, 11) is 0. The van der Waals surface area contributed by atoms with Crippen LogP contribution in [-0.2, 0) is 9.53 Å². The highest BCUT2D eigenvalue weighted by Crippen LogP contribution is 2.22. The third-order valence-corrected chi connectivity index (χ3v) is 2.39. The highest BCUT2D eigenvalue weighted by molar-refractivity contribution is 5.78. The monoisotopic (exact) mass is 185 g/mol. The number of esters is 1. The van der Waals surface area contributed by atoms with Crippen LogP contribution in [0.2, 0.25) is 0 Å². The van der Waals surface area contributed by atoms with Crippen molar-refractivity contribution in [3.63, 3.8) is 0 Å². The molecular weight excluding hydrogens is 164 g/mol. The normalized spacial score (nSPS) is 15.1. The van der Waals surface area contributed by atoms with Gasteiger partial charge in [-0.3, -0.25) is 4.79 Å². The van der Waals surface area contributed by atoms with Crippen molar-refractivity contribution < 1.29 is 9.53 Å². The summed E-state index contributed by atoms with van der Waals surface area (Å²) in [6, 6.07) is 0. The molecule has 1 radical (unpaired) electrons. The first-order valence-corrected chi connectivity index (χ1v) is 5.10. The fourth-order valence-corrected chi connectivity index (χ4v) is 1.15. The molecule has 2 nitrogen and oxygen atoms in total. The smallest absolute Gasteiger partial charge is 0.310 e. The molecule has 0 aliphatic heterocycles. The Balaban J connectivity index is 4.02. The van der Waals surface area contributed by atoms with E-state index in [9.17, 15) is 4.79 Å². The summed E-state index contributed by atoms with van der Waals surface area (Å²) in [6.45, 7) is 7.91.